The number of nitrogens with one attached hydrogen (secondary N) is 1. The molecule has 1 amide bonds. The molecule has 4 rings (SSSR count). The summed E-state index contributed by atoms with van der Waals surface area (Å²) in [5.74, 6) is 0.327. The van der Waals surface area contributed by atoms with Gasteiger partial charge in [0, 0.05) is 48.2 Å². The summed E-state index contributed by atoms with van der Waals surface area (Å²) in [4.78, 5) is 26.8. The van der Waals surface area contributed by atoms with E-state index in [0.717, 1.165) is 12.3 Å². The number of nitrogens with zero attached hydrogens (tertiary/aromatic N) is 4. The van der Waals surface area contributed by atoms with E-state index in [9.17, 15) is 22.4 Å². The number of hydrogen-bond donors (Lipinski definition) is 1. The fourth-order valence-corrected chi connectivity index (χ4v) is 3.66. The molecule has 1 aliphatic rings. The molecule has 3 aromatic rings. The highest BCUT2D eigenvalue weighted by Gasteiger charge is 2.32. The lowest BCUT2D eigenvalue weighted by Crippen LogP contribution is -2.45. The van der Waals surface area contributed by atoms with Gasteiger partial charge in [0.1, 0.15) is 17.3 Å². The van der Waals surface area contributed by atoms with Gasteiger partial charge in [-0.1, -0.05) is 0 Å². The van der Waals surface area contributed by atoms with Crippen molar-refractivity contribution in [3.8, 4) is 11.4 Å². The molecule has 0 saturated carbocycles. The van der Waals surface area contributed by atoms with Crippen LogP contribution < -0.4 is 10.2 Å². The minimum absolute atomic E-state index is 0.0275. The van der Waals surface area contributed by atoms with Crippen LogP contribution in [0.25, 0.3) is 11.4 Å². The van der Waals surface area contributed by atoms with E-state index >= 15 is 0 Å². The van der Waals surface area contributed by atoms with Gasteiger partial charge >= 0.3 is 6.18 Å². The van der Waals surface area contributed by atoms with Crippen molar-refractivity contribution in [3.05, 3.63) is 71.4 Å². The summed E-state index contributed by atoms with van der Waals surface area (Å²) < 4.78 is 51.4. The fraction of sp³-hybridized carbons (Fsp3) is 0.304. The first-order valence-electron chi connectivity index (χ1n) is 10.4. The Bertz CT molecular complexity index is 1130. The van der Waals surface area contributed by atoms with E-state index < -0.39 is 17.7 Å². The second-order valence-electron chi connectivity index (χ2n) is 7.86. The average Bonchev–Trinajstić information content (AvgIpc) is 2.79. The topological polar surface area (TPSA) is 71.0 Å². The zero-order valence-corrected chi connectivity index (χ0v) is 17.7. The van der Waals surface area contributed by atoms with Crippen LogP contribution in [0.4, 0.5) is 23.4 Å². The highest BCUT2D eigenvalue weighted by atomic mass is 19.4. The van der Waals surface area contributed by atoms with E-state index in [2.05, 4.69) is 25.2 Å². The van der Waals surface area contributed by atoms with Crippen LogP contribution in [-0.4, -0.2) is 40.0 Å². The van der Waals surface area contributed by atoms with Crippen molar-refractivity contribution in [2.24, 2.45) is 0 Å². The molecule has 0 unspecified atom stereocenters. The van der Waals surface area contributed by atoms with E-state index in [4.69, 9.17) is 0 Å². The van der Waals surface area contributed by atoms with Crippen molar-refractivity contribution in [3.63, 3.8) is 0 Å². The van der Waals surface area contributed by atoms with Gasteiger partial charge in [-0.25, -0.2) is 14.4 Å². The van der Waals surface area contributed by atoms with Crippen molar-refractivity contribution in [1.82, 2.24) is 20.3 Å². The number of carbonyl (C=O) groups excluding carboxylic acids is 1. The zero-order valence-electron chi connectivity index (χ0n) is 17.7. The SMILES string of the molecule is Cc1cc(N2CCC(NC(=O)c3ccc(F)cc3)CC2)nc(-c2ccc(C(F)(F)F)nc2)n1. The number of anilines is 1. The molecule has 0 aliphatic carbocycles. The number of pyridine rings is 1. The number of aryl methyl sites for hydroxylation is 1. The van der Waals surface area contributed by atoms with Gasteiger partial charge in [0.25, 0.3) is 5.91 Å². The summed E-state index contributed by atoms with van der Waals surface area (Å²) in [7, 11) is 0. The minimum atomic E-state index is -4.51. The molecule has 172 valence electrons. The smallest absolute Gasteiger partial charge is 0.356 e. The molecule has 0 radical (unpaired) electrons. The van der Waals surface area contributed by atoms with E-state index in [1.54, 1.807) is 6.92 Å². The molecule has 1 aromatic carbocycles. The standard InChI is InChI=1S/C23H21F4N5O/c1-14-12-20(31-21(29-14)16-4-7-19(28-13-16)23(25,26)27)32-10-8-18(9-11-32)30-22(33)15-2-5-17(24)6-3-15/h2-7,12-13,18H,8-11H2,1H3,(H,30,33). The molecule has 1 fully saturated rings. The Morgan fingerprint density at radius 3 is 2.36 bits per heavy atom. The molecule has 1 saturated heterocycles. The van der Waals surface area contributed by atoms with Crippen LogP contribution in [0, 0.1) is 12.7 Å². The van der Waals surface area contributed by atoms with Crippen LogP contribution in [0.5, 0.6) is 0 Å². The first kappa shape index (κ1) is 22.6. The molecule has 10 heteroatoms. The predicted molar refractivity (Wildman–Crippen MR) is 114 cm³/mol. The number of rotatable bonds is 4. The molecule has 2 aromatic heterocycles. The van der Waals surface area contributed by atoms with Crippen LogP contribution in [0.3, 0.4) is 0 Å². The van der Waals surface area contributed by atoms with Gasteiger partial charge in [0.15, 0.2) is 5.82 Å². The number of benzene rings is 1. The van der Waals surface area contributed by atoms with Gasteiger partial charge in [-0.05, 0) is 56.2 Å². The maximum Gasteiger partial charge on any atom is 0.433 e. The molecule has 1 N–H and O–H groups in total. The maximum atomic E-state index is 13.0. The molecule has 1 aliphatic heterocycles. The van der Waals surface area contributed by atoms with Crippen molar-refractivity contribution in [1.29, 1.82) is 0 Å². The van der Waals surface area contributed by atoms with Gasteiger partial charge in [-0.15, -0.1) is 0 Å². The Hall–Kier alpha value is -3.56. The summed E-state index contributed by atoms with van der Waals surface area (Å²) in [6.45, 7) is 3.06. The lowest BCUT2D eigenvalue weighted by Gasteiger charge is -2.33. The zero-order chi connectivity index (χ0) is 23.6. The third-order valence-electron chi connectivity index (χ3n) is 5.41. The summed E-state index contributed by atoms with van der Waals surface area (Å²) in [6, 6.07) is 9.40. The van der Waals surface area contributed by atoms with E-state index in [-0.39, 0.29) is 11.9 Å². The van der Waals surface area contributed by atoms with Crippen molar-refractivity contribution in [2.75, 3.05) is 18.0 Å². The normalized spacial score (nSPS) is 14.9. The number of piperidine rings is 1. The summed E-state index contributed by atoms with van der Waals surface area (Å²) in [5.41, 5.74) is 0.514. The second-order valence-corrected chi connectivity index (χ2v) is 7.86. The third-order valence-corrected chi connectivity index (χ3v) is 5.41. The first-order valence-corrected chi connectivity index (χ1v) is 10.4. The van der Waals surface area contributed by atoms with Gasteiger partial charge in [-0.2, -0.15) is 13.2 Å². The number of halogens is 4. The van der Waals surface area contributed by atoms with E-state index in [0.29, 0.717) is 54.4 Å². The molecule has 0 atom stereocenters. The number of carbonyl (C=O) groups is 1. The van der Waals surface area contributed by atoms with Crippen molar-refractivity contribution < 1.29 is 22.4 Å². The van der Waals surface area contributed by atoms with Crippen LogP contribution in [0.1, 0.15) is 34.6 Å². The number of amides is 1. The Morgan fingerprint density at radius 1 is 1.06 bits per heavy atom. The Morgan fingerprint density at radius 2 is 1.76 bits per heavy atom. The lowest BCUT2D eigenvalue weighted by molar-refractivity contribution is -0.141. The van der Waals surface area contributed by atoms with Crippen LogP contribution in [0.15, 0.2) is 48.7 Å². The van der Waals surface area contributed by atoms with Crippen LogP contribution in [0.2, 0.25) is 0 Å². The van der Waals surface area contributed by atoms with E-state index in [1.807, 2.05) is 6.07 Å². The Balaban J connectivity index is 1.42. The van der Waals surface area contributed by atoms with Crippen molar-refractivity contribution >= 4 is 11.7 Å². The van der Waals surface area contributed by atoms with Crippen LogP contribution in [-0.2, 0) is 6.18 Å². The van der Waals surface area contributed by atoms with Gasteiger partial charge in [-0.3, -0.25) is 9.78 Å². The monoisotopic (exact) mass is 459 g/mol. The molecular weight excluding hydrogens is 438 g/mol. The number of hydrogen-bond acceptors (Lipinski definition) is 5. The number of alkyl halides is 3. The van der Waals surface area contributed by atoms with Gasteiger partial charge in [0.2, 0.25) is 0 Å². The average molecular weight is 459 g/mol. The molecule has 0 spiro atoms. The molecule has 6 nitrogen and oxygen atoms in total. The summed E-state index contributed by atoms with van der Waals surface area (Å²) in [5, 5.41) is 2.97. The highest BCUT2D eigenvalue weighted by molar-refractivity contribution is 5.94. The second kappa shape index (κ2) is 9.13. The highest BCUT2D eigenvalue weighted by Crippen LogP contribution is 2.29. The molecule has 3 heterocycles. The third kappa shape index (κ3) is 5.44. The summed E-state index contributed by atoms with van der Waals surface area (Å²) in [6.07, 6.45) is -2.01. The quantitative estimate of drug-likeness (QED) is 0.586. The van der Waals surface area contributed by atoms with Crippen LogP contribution >= 0.6 is 0 Å². The van der Waals surface area contributed by atoms with Gasteiger partial charge < -0.3 is 10.2 Å². The molecule has 0 bridgehead atoms. The molecular formula is C23H21F4N5O. The maximum absolute atomic E-state index is 13.0. The molecule has 33 heavy (non-hydrogen) atoms. The first-order chi connectivity index (χ1) is 15.7. The largest absolute Gasteiger partial charge is 0.433 e. The summed E-state index contributed by atoms with van der Waals surface area (Å²) >= 11 is 0. The van der Waals surface area contributed by atoms with Gasteiger partial charge in [0.05, 0.1) is 0 Å². The van der Waals surface area contributed by atoms with Crippen molar-refractivity contribution in [2.45, 2.75) is 32.0 Å². The lowest BCUT2D eigenvalue weighted by atomic mass is 10.0. The minimum Gasteiger partial charge on any atom is -0.356 e. The Labute approximate surface area is 187 Å². The Kier molecular flexibility index (Phi) is 6.26. The predicted octanol–water partition coefficient (Wildman–Crippen LogP) is 4.40. The fourth-order valence-electron chi connectivity index (χ4n) is 3.66. The number of aromatic nitrogens is 3. The van der Waals surface area contributed by atoms with E-state index in [1.165, 1.54) is 30.3 Å².